The van der Waals surface area contributed by atoms with Crippen LogP contribution < -0.4 is 5.32 Å². The normalized spacial score (nSPS) is 18.7. The Kier molecular flexibility index (Phi) is 3.48. The number of hydrogen-bond donors (Lipinski definition) is 1. The Morgan fingerprint density at radius 2 is 2.24 bits per heavy atom. The second-order valence-electron chi connectivity index (χ2n) is 5.50. The second-order valence-corrected chi connectivity index (χ2v) is 5.50. The number of aryl methyl sites for hydroxylation is 1. The summed E-state index contributed by atoms with van der Waals surface area (Å²) in [6.07, 6.45) is 3.42. The van der Waals surface area contributed by atoms with Crippen molar-refractivity contribution in [3.8, 4) is 0 Å². The van der Waals surface area contributed by atoms with E-state index in [1.165, 1.54) is 0 Å². The summed E-state index contributed by atoms with van der Waals surface area (Å²) in [6.45, 7) is 3.39. The highest BCUT2D eigenvalue weighted by molar-refractivity contribution is 5.86. The van der Waals surface area contributed by atoms with E-state index in [-0.39, 0.29) is 5.91 Å². The van der Waals surface area contributed by atoms with Crippen LogP contribution in [-0.4, -0.2) is 44.1 Å². The van der Waals surface area contributed by atoms with Crippen molar-refractivity contribution in [2.45, 2.75) is 26.3 Å². The third kappa shape index (κ3) is 2.43. The molecule has 2 aromatic heterocycles. The largest absolute Gasteiger partial charge is 0.372 e. The van der Waals surface area contributed by atoms with Gasteiger partial charge in [-0.05, 0) is 5.92 Å². The van der Waals surface area contributed by atoms with E-state index in [1.54, 1.807) is 10.9 Å². The smallest absolute Gasteiger partial charge is 0.223 e. The van der Waals surface area contributed by atoms with Crippen LogP contribution in [0.15, 0.2) is 6.20 Å². The second kappa shape index (κ2) is 5.31. The number of nitrogens with one attached hydrogen (secondary N) is 1. The molecule has 0 aromatic carbocycles. The summed E-state index contributed by atoms with van der Waals surface area (Å²) in [4.78, 5) is 22.9. The summed E-state index contributed by atoms with van der Waals surface area (Å²) in [7, 11) is 3.68. The lowest BCUT2D eigenvalue weighted by Gasteiger charge is -2.16. The molecule has 0 aliphatic carbocycles. The average molecular weight is 288 g/mol. The van der Waals surface area contributed by atoms with Crippen LogP contribution in [0.1, 0.15) is 25.6 Å². The fourth-order valence-corrected chi connectivity index (χ4v) is 2.78. The third-order valence-electron chi connectivity index (χ3n) is 4.08. The summed E-state index contributed by atoms with van der Waals surface area (Å²) in [6, 6.07) is 0. The van der Waals surface area contributed by atoms with E-state index in [1.807, 2.05) is 19.0 Å². The van der Waals surface area contributed by atoms with Crippen molar-refractivity contribution in [2.75, 3.05) is 18.9 Å². The van der Waals surface area contributed by atoms with Gasteiger partial charge in [0.2, 0.25) is 5.91 Å². The van der Waals surface area contributed by atoms with Gasteiger partial charge in [0.05, 0.1) is 18.1 Å². The Morgan fingerprint density at radius 1 is 1.43 bits per heavy atom. The average Bonchev–Trinajstić information content (AvgIpc) is 3.03. The zero-order valence-corrected chi connectivity index (χ0v) is 12.6. The van der Waals surface area contributed by atoms with Crippen molar-refractivity contribution >= 4 is 22.8 Å². The molecule has 0 radical (unpaired) electrons. The van der Waals surface area contributed by atoms with Gasteiger partial charge in [-0.2, -0.15) is 5.10 Å². The van der Waals surface area contributed by atoms with Crippen molar-refractivity contribution in [2.24, 2.45) is 13.0 Å². The minimum Gasteiger partial charge on any atom is -0.372 e. The third-order valence-corrected chi connectivity index (χ3v) is 4.08. The highest BCUT2D eigenvalue weighted by Crippen LogP contribution is 2.23. The van der Waals surface area contributed by atoms with Gasteiger partial charge in [-0.25, -0.2) is 9.97 Å². The monoisotopic (exact) mass is 288 g/mol. The SMILES string of the molecule is CCC1CC(=O)N(Cc2nc(NC)c3cnn(C)c3n2)C1. The number of nitrogens with zero attached hydrogens (tertiary/aromatic N) is 5. The lowest BCUT2D eigenvalue weighted by atomic mass is 10.1. The fraction of sp³-hybridized carbons (Fsp3) is 0.571. The van der Waals surface area contributed by atoms with Gasteiger partial charge < -0.3 is 10.2 Å². The Morgan fingerprint density at radius 3 is 2.90 bits per heavy atom. The van der Waals surface area contributed by atoms with Gasteiger partial charge >= 0.3 is 0 Å². The highest BCUT2D eigenvalue weighted by atomic mass is 16.2. The van der Waals surface area contributed by atoms with Crippen molar-refractivity contribution in [3.63, 3.8) is 0 Å². The highest BCUT2D eigenvalue weighted by Gasteiger charge is 2.29. The summed E-state index contributed by atoms with van der Waals surface area (Å²) in [5, 5.41) is 8.17. The Hall–Kier alpha value is -2.18. The molecule has 7 heteroatoms. The first-order chi connectivity index (χ1) is 10.1. The Labute approximate surface area is 123 Å². The molecule has 1 aliphatic heterocycles. The van der Waals surface area contributed by atoms with Crippen molar-refractivity contribution in [3.05, 3.63) is 12.0 Å². The molecule has 0 bridgehead atoms. The van der Waals surface area contributed by atoms with Crippen LogP contribution in [0.2, 0.25) is 0 Å². The van der Waals surface area contributed by atoms with E-state index in [4.69, 9.17) is 0 Å². The number of aromatic nitrogens is 4. The van der Waals surface area contributed by atoms with Gasteiger partial charge in [-0.15, -0.1) is 0 Å². The van der Waals surface area contributed by atoms with Crippen LogP contribution >= 0.6 is 0 Å². The first-order valence-corrected chi connectivity index (χ1v) is 7.26. The van der Waals surface area contributed by atoms with Crippen LogP contribution in [0.4, 0.5) is 5.82 Å². The predicted octanol–water partition coefficient (Wildman–Crippen LogP) is 1.16. The topological polar surface area (TPSA) is 75.9 Å². The molecule has 1 N–H and O–H groups in total. The minimum atomic E-state index is 0.196. The standard InChI is InChI=1S/C14H20N6O/c1-4-9-5-12(21)20(7-9)8-11-17-13(15-2)10-6-16-19(3)14(10)18-11/h6,9H,4-5,7-8H2,1-3H3,(H,15,17,18). The van der Waals surface area contributed by atoms with Crippen molar-refractivity contribution in [1.82, 2.24) is 24.6 Å². The quantitative estimate of drug-likeness (QED) is 0.913. The molecule has 0 spiro atoms. The summed E-state index contributed by atoms with van der Waals surface area (Å²) >= 11 is 0. The summed E-state index contributed by atoms with van der Waals surface area (Å²) in [5.41, 5.74) is 0.781. The van der Waals surface area contributed by atoms with Crippen molar-refractivity contribution < 1.29 is 4.79 Å². The molecular weight excluding hydrogens is 268 g/mol. The number of likely N-dealkylation sites (tertiary alicyclic amines) is 1. The van der Waals surface area contributed by atoms with Gasteiger partial charge in [0.25, 0.3) is 0 Å². The maximum atomic E-state index is 12.0. The molecule has 0 saturated carbocycles. The van der Waals surface area contributed by atoms with E-state index < -0.39 is 0 Å². The molecular formula is C14H20N6O. The van der Waals surface area contributed by atoms with Gasteiger partial charge in [-0.3, -0.25) is 9.48 Å². The van der Waals surface area contributed by atoms with Crippen LogP contribution in [0, 0.1) is 5.92 Å². The molecule has 3 rings (SSSR count). The molecule has 1 fully saturated rings. The maximum absolute atomic E-state index is 12.0. The molecule has 1 saturated heterocycles. The predicted molar refractivity (Wildman–Crippen MR) is 79.7 cm³/mol. The molecule has 112 valence electrons. The summed E-state index contributed by atoms with van der Waals surface area (Å²) in [5.74, 6) is 2.06. The van der Waals surface area contributed by atoms with Crippen LogP contribution in [0.5, 0.6) is 0 Å². The molecule has 1 atom stereocenters. The number of fused-ring (bicyclic) bond motifs is 1. The first-order valence-electron chi connectivity index (χ1n) is 7.26. The molecule has 1 unspecified atom stereocenters. The van der Waals surface area contributed by atoms with E-state index in [0.717, 1.165) is 29.8 Å². The molecule has 1 amide bonds. The van der Waals surface area contributed by atoms with Gasteiger partial charge in [0, 0.05) is 27.1 Å². The first kappa shape index (κ1) is 13.8. The number of anilines is 1. The van der Waals surface area contributed by atoms with Crippen LogP contribution in [-0.2, 0) is 18.4 Å². The number of carbonyl (C=O) groups excluding carboxylic acids is 1. The molecule has 21 heavy (non-hydrogen) atoms. The molecule has 3 heterocycles. The minimum absolute atomic E-state index is 0.196. The lowest BCUT2D eigenvalue weighted by molar-refractivity contribution is -0.128. The fourth-order valence-electron chi connectivity index (χ4n) is 2.78. The molecule has 1 aliphatic rings. The van der Waals surface area contributed by atoms with Gasteiger partial charge in [0.15, 0.2) is 11.5 Å². The summed E-state index contributed by atoms with van der Waals surface area (Å²) < 4.78 is 1.72. The van der Waals surface area contributed by atoms with Crippen LogP contribution in [0.3, 0.4) is 0 Å². The van der Waals surface area contributed by atoms with E-state index >= 15 is 0 Å². The lowest BCUT2D eigenvalue weighted by Crippen LogP contribution is -2.26. The Balaban J connectivity index is 1.90. The number of hydrogen-bond acceptors (Lipinski definition) is 5. The number of rotatable bonds is 4. The van der Waals surface area contributed by atoms with E-state index in [0.29, 0.717) is 24.7 Å². The maximum Gasteiger partial charge on any atom is 0.223 e. The van der Waals surface area contributed by atoms with Gasteiger partial charge in [-0.1, -0.05) is 13.3 Å². The zero-order valence-electron chi connectivity index (χ0n) is 12.6. The van der Waals surface area contributed by atoms with Crippen LogP contribution in [0.25, 0.3) is 11.0 Å². The molecule has 2 aromatic rings. The Bertz CT molecular complexity index is 679. The van der Waals surface area contributed by atoms with Gasteiger partial charge in [0.1, 0.15) is 5.82 Å². The number of amides is 1. The van der Waals surface area contributed by atoms with E-state index in [9.17, 15) is 4.79 Å². The van der Waals surface area contributed by atoms with E-state index in [2.05, 4.69) is 27.3 Å². The van der Waals surface area contributed by atoms with Crippen molar-refractivity contribution in [1.29, 1.82) is 0 Å². The number of carbonyl (C=O) groups is 1. The molecule has 7 nitrogen and oxygen atoms in total. The zero-order chi connectivity index (χ0) is 15.0.